The number of hydrogen-bond donors (Lipinski definition) is 1. The molecule has 0 aliphatic carbocycles. The molecule has 1 atom stereocenters. The van der Waals surface area contributed by atoms with Crippen LogP contribution in [0.5, 0.6) is 0 Å². The van der Waals surface area contributed by atoms with Crippen LogP contribution in [0.15, 0.2) is 36.5 Å². The van der Waals surface area contributed by atoms with Crippen LogP contribution < -0.4 is 5.32 Å². The van der Waals surface area contributed by atoms with Crippen LogP contribution in [0.25, 0.3) is 0 Å². The molecule has 0 spiro atoms. The van der Waals surface area contributed by atoms with E-state index in [0.29, 0.717) is 13.1 Å². The molecule has 1 amide bonds. The van der Waals surface area contributed by atoms with Crippen molar-refractivity contribution in [1.29, 1.82) is 0 Å². The molecular weight excluding hydrogens is 300 g/mol. The van der Waals surface area contributed by atoms with Gasteiger partial charge < -0.3 is 5.32 Å². The summed E-state index contributed by atoms with van der Waals surface area (Å²) in [5.74, 6) is 0.0566. The van der Waals surface area contributed by atoms with Gasteiger partial charge in [0.1, 0.15) is 0 Å². The summed E-state index contributed by atoms with van der Waals surface area (Å²) in [6.07, 6.45) is 2.65. The van der Waals surface area contributed by atoms with Crippen molar-refractivity contribution in [3.8, 4) is 0 Å². The van der Waals surface area contributed by atoms with E-state index in [9.17, 15) is 4.79 Å². The number of nitrogens with one attached hydrogen (secondary N) is 1. The Morgan fingerprint density at radius 3 is 2.79 bits per heavy atom. The van der Waals surface area contributed by atoms with E-state index < -0.39 is 0 Å². The monoisotopic (exact) mass is 328 g/mol. The number of aromatic nitrogens is 2. The number of carbonyl (C=O) groups is 1. The average Bonchev–Trinajstić information content (AvgIpc) is 2.96. The van der Waals surface area contributed by atoms with Gasteiger partial charge in [0.25, 0.3) is 0 Å². The molecule has 0 radical (unpaired) electrons. The number of amides is 1. The van der Waals surface area contributed by atoms with E-state index in [2.05, 4.69) is 43.3 Å². The molecule has 0 aliphatic rings. The van der Waals surface area contributed by atoms with Gasteiger partial charge in [0.05, 0.1) is 12.2 Å². The maximum Gasteiger partial charge on any atom is 0.234 e. The number of hydrogen-bond acceptors (Lipinski definition) is 3. The summed E-state index contributed by atoms with van der Waals surface area (Å²) in [7, 11) is 1.96. The van der Waals surface area contributed by atoms with Crippen LogP contribution in [0.1, 0.15) is 30.7 Å². The fourth-order valence-corrected chi connectivity index (χ4v) is 2.90. The predicted molar refractivity (Wildman–Crippen MR) is 96.7 cm³/mol. The predicted octanol–water partition coefficient (Wildman–Crippen LogP) is 2.39. The van der Waals surface area contributed by atoms with E-state index in [0.717, 1.165) is 18.7 Å². The number of likely N-dealkylation sites (N-methyl/N-ethyl adjacent to an activating group) is 1. The van der Waals surface area contributed by atoms with E-state index in [-0.39, 0.29) is 11.9 Å². The second kappa shape index (κ2) is 8.64. The third-order valence-electron chi connectivity index (χ3n) is 4.14. The number of aryl methyl sites for hydroxylation is 2. The van der Waals surface area contributed by atoms with Gasteiger partial charge in [-0.15, -0.1) is 0 Å². The highest BCUT2D eigenvalue weighted by atomic mass is 16.2. The first-order valence-electron chi connectivity index (χ1n) is 8.52. The van der Waals surface area contributed by atoms with Crippen LogP contribution in [0, 0.1) is 6.92 Å². The molecule has 1 aromatic carbocycles. The second-order valence-electron chi connectivity index (χ2n) is 6.41. The van der Waals surface area contributed by atoms with Crippen LogP contribution >= 0.6 is 0 Å². The molecule has 1 aromatic heterocycles. The van der Waals surface area contributed by atoms with Gasteiger partial charge in [0.15, 0.2) is 0 Å². The number of rotatable bonds is 8. The van der Waals surface area contributed by atoms with E-state index in [4.69, 9.17) is 0 Å². The third kappa shape index (κ3) is 5.20. The smallest absolute Gasteiger partial charge is 0.234 e. The van der Waals surface area contributed by atoms with Gasteiger partial charge in [0.2, 0.25) is 5.91 Å². The lowest BCUT2D eigenvalue weighted by Gasteiger charge is -2.20. The minimum atomic E-state index is 0.0566. The van der Waals surface area contributed by atoms with E-state index in [1.54, 1.807) is 6.20 Å². The van der Waals surface area contributed by atoms with Gasteiger partial charge in [-0.3, -0.25) is 14.4 Å². The standard InChI is InChI=1S/C19H28N4O/c1-5-23-18(10-11-20-23)13-22(4)14-19(24)21-16(3)12-17-9-7-6-8-15(17)2/h6-11,16H,5,12-14H2,1-4H3,(H,21,24). The number of nitrogens with zero attached hydrogens (tertiary/aromatic N) is 3. The zero-order valence-corrected chi connectivity index (χ0v) is 15.1. The zero-order chi connectivity index (χ0) is 17.5. The van der Waals surface area contributed by atoms with Crippen LogP contribution in [-0.2, 0) is 24.3 Å². The molecule has 0 saturated carbocycles. The molecule has 1 heterocycles. The SMILES string of the molecule is CCn1nccc1CN(C)CC(=O)NC(C)Cc1ccccc1C. The van der Waals surface area contributed by atoms with Gasteiger partial charge >= 0.3 is 0 Å². The van der Waals surface area contributed by atoms with Gasteiger partial charge in [-0.2, -0.15) is 5.10 Å². The fraction of sp³-hybridized carbons (Fsp3) is 0.474. The molecule has 2 rings (SSSR count). The van der Waals surface area contributed by atoms with Crippen molar-refractivity contribution in [2.45, 2.75) is 46.3 Å². The lowest BCUT2D eigenvalue weighted by atomic mass is 10.0. The van der Waals surface area contributed by atoms with E-state index >= 15 is 0 Å². The Morgan fingerprint density at radius 1 is 1.33 bits per heavy atom. The molecule has 0 saturated heterocycles. The molecule has 5 heteroatoms. The lowest BCUT2D eigenvalue weighted by Crippen LogP contribution is -2.40. The van der Waals surface area contributed by atoms with Crippen LogP contribution in [0.3, 0.4) is 0 Å². The highest BCUT2D eigenvalue weighted by Gasteiger charge is 2.13. The Morgan fingerprint density at radius 2 is 2.08 bits per heavy atom. The Kier molecular flexibility index (Phi) is 6.55. The van der Waals surface area contributed by atoms with Gasteiger partial charge in [-0.25, -0.2) is 0 Å². The van der Waals surface area contributed by atoms with Crippen LogP contribution in [-0.4, -0.2) is 40.2 Å². The largest absolute Gasteiger partial charge is 0.352 e. The van der Waals surface area contributed by atoms with Crippen molar-refractivity contribution in [3.63, 3.8) is 0 Å². The first kappa shape index (κ1) is 18.2. The van der Waals surface area contributed by atoms with E-state index in [1.807, 2.05) is 34.8 Å². The van der Waals surface area contributed by atoms with Crippen molar-refractivity contribution in [1.82, 2.24) is 20.0 Å². The quantitative estimate of drug-likeness (QED) is 0.809. The Hall–Kier alpha value is -2.14. The summed E-state index contributed by atoms with van der Waals surface area (Å²) in [5.41, 5.74) is 3.68. The van der Waals surface area contributed by atoms with Crippen LogP contribution in [0.4, 0.5) is 0 Å². The molecule has 0 bridgehead atoms. The van der Waals surface area contributed by atoms with Gasteiger partial charge in [0, 0.05) is 25.3 Å². The normalized spacial score (nSPS) is 12.4. The molecule has 0 aliphatic heterocycles. The first-order chi connectivity index (χ1) is 11.5. The van der Waals surface area contributed by atoms with Gasteiger partial charge in [-0.05, 0) is 51.4 Å². The van der Waals surface area contributed by atoms with E-state index in [1.165, 1.54) is 11.1 Å². The summed E-state index contributed by atoms with van der Waals surface area (Å²) in [6.45, 7) is 8.16. The van der Waals surface area contributed by atoms with Crippen molar-refractivity contribution >= 4 is 5.91 Å². The highest BCUT2D eigenvalue weighted by molar-refractivity contribution is 5.78. The average molecular weight is 328 g/mol. The molecule has 1 unspecified atom stereocenters. The summed E-state index contributed by atoms with van der Waals surface area (Å²) in [6, 6.07) is 10.4. The Balaban J connectivity index is 1.80. The summed E-state index contributed by atoms with van der Waals surface area (Å²) < 4.78 is 1.95. The van der Waals surface area contributed by atoms with Gasteiger partial charge in [-0.1, -0.05) is 24.3 Å². The number of carbonyl (C=O) groups excluding carboxylic acids is 1. The van der Waals surface area contributed by atoms with Crippen molar-refractivity contribution < 1.29 is 4.79 Å². The summed E-state index contributed by atoms with van der Waals surface area (Å²) in [5, 5.41) is 7.35. The Labute approximate surface area is 144 Å². The molecule has 0 fully saturated rings. The molecular formula is C19H28N4O. The summed E-state index contributed by atoms with van der Waals surface area (Å²) in [4.78, 5) is 14.3. The molecule has 5 nitrogen and oxygen atoms in total. The van der Waals surface area contributed by atoms with Crippen molar-refractivity contribution in [2.75, 3.05) is 13.6 Å². The highest BCUT2D eigenvalue weighted by Crippen LogP contribution is 2.09. The van der Waals surface area contributed by atoms with Crippen LogP contribution in [0.2, 0.25) is 0 Å². The minimum absolute atomic E-state index is 0.0566. The maximum absolute atomic E-state index is 12.2. The lowest BCUT2D eigenvalue weighted by molar-refractivity contribution is -0.122. The van der Waals surface area contributed by atoms with Crippen molar-refractivity contribution in [2.24, 2.45) is 0 Å². The third-order valence-corrected chi connectivity index (χ3v) is 4.14. The Bertz CT molecular complexity index is 665. The second-order valence-corrected chi connectivity index (χ2v) is 6.41. The number of benzene rings is 1. The molecule has 1 N–H and O–H groups in total. The first-order valence-corrected chi connectivity index (χ1v) is 8.52. The summed E-state index contributed by atoms with van der Waals surface area (Å²) >= 11 is 0. The fourth-order valence-electron chi connectivity index (χ4n) is 2.90. The molecule has 24 heavy (non-hydrogen) atoms. The minimum Gasteiger partial charge on any atom is -0.352 e. The van der Waals surface area contributed by atoms with Crippen molar-refractivity contribution in [3.05, 3.63) is 53.3 Å². The molecule has 2 aromatic rings. The maximum atomic E-state index is 12.2. The topological polar surface area (TPSA) is 50.2 Å². The zero-order valence-electron chi connectivity index (χ0n) is 15.1. The molecule has 130 valence electrons.